The number of hydrogen-bond donors (Lipinski definition) is 0. The van der Waals surface area contributed by atoms with Gasteiger partial charge in [0.05, 0.1) is 0 Å². The van der Waals surface area contributed by atoms with Gasteiger partial charge in [0.1, 0.15) is 25.0 Å². The maximum absolute atomic E-state index is 12.6. The molecule has 9 nitrogen and oxygen atoms in total. The molecule has 2 aliphatic rings. The van der Waals surface area contributed by atoms with Gasteiger partial charge >= 0.3 is 5.69 Å². The molecule has 140 valence electrons. The molecule has 0 unspecified atom stereocenters. The second-order valence-electron chi connectivity index (χ2n) is 7.32. The van der Waals surface area contributed by atoms with Crippen molar-refractivity contribution in [2.45, 2.75) is 57.0 Å². The maximum Gasteiger partial charge on any atom is 0.345 e. The van der Waals surface area contributed by atoms with Gasteiger partial charge in [0, 0.05) is 32.1 Å². The number of piperidine rings is 1. The Balaban J connectivity index is 1.44. The molecule has 1 aliphatic carbocycles. The zero-order chi connectivity index (χ0) is 18.1. The van der Waals surface area contributed by atoms with Crippen LogP contribution in [0.1, 0.15) is 56.3 Å². The normalized spacial score (nSPS) is 19.3. The molecule has 1 saturated carbocycles. The highest BCUT2D eigenvalue weighted by Gasteiger charge is 2.31. The van der Waals surface area contributed by atoms with Crippen LogP contribution in [0.5, 0.6) is 0 Å². The number of aryl methyl sites for hydroxylation is 1. The van der Waals surface area contributed by atoms with Crippen LogP contribution in [0.25, 0.3) is 0 Å². The molecule has 2 aromatic heterocycles. The van der Waals surface area contributed by atoms with Gasteiger partial charge in [-0.15, -0.1) is 0 Å². The van der Waals surface area contributed by atoms with Crippen LogP contribution < -0.4 is 5.69 Å². The van der Waals surface area contributed by atoms with Crippen molar-refractivity contribution in [1.82, 2.24) is 34.0 Å². The number of rotatable bonds is 4. The molecule has 1 aliphatic heterocycles. The molecule has 26 heavy (non-hydrogen) atoms. The first kappa shape index (κ1) is 17.0. The number of nitrogens with zero attached hydrogens (tertiary/aromatic N) is 7. The fourth-order valence-corrected chi connectivity index (χ4v) is 4.22. The van der Waals surface area contributed by atoms with Crippen molar-refractivity contribution >= 4 is 5.91 Å². The lowest BCUT2D eigenvalue weighted by Crippen LogP contribution is -2.40. The third-order valence-corrected chi connectivity index (χ3v) is 5.65. The van der Waals surface area contributed by atoms with Gasteiger partial charge in [0.15, 0.2) is 0 Å². The van der Waals surface area contributed by atoms with Gasteiger partial charge < -0.3 is 4.90 Å². The molecule has 0 radical (unpaired) electrons. The van der Waals surface area contributed by atoms with Gasteiger partial charge in [-0.05, 0) is 25.7 Å². The maximum atomic E-state index is 12.6. The van der Waals surface area contributed by atoms with Gasteiger partial charge in [-0.25, -0.2) is 19.1 Å². The number of carbonyl (C=O) groups is 1. The van der Waals surface area contributed by atoms with Gasteiger partial charge in [-0.2, -0.15) is 10.2 Å². The first-order chi connectivity index (χ1) is 12.6. The molecule has 0 bridgehead atoms. The standard InChI is InChI=1S/C17H25N7O2/c1-21-17(26)24(14-4-2-3-5-14)16(20-21)13-6-8-22(9-7-13)15(25)10-23-12-18-11-19-23/h11-14H,2-10H2,1H3. The van der Waals surface area contributed by atoms with Crippen molar-refractivity contribution in [3.63, 3.8) is 0 Å². The molecule has 2 fully saturated rings. The summed E-state index contributed by atoms with van der Waals surface area (Å²) in [7, 11) is 1.73. The molecule has 9 heteroatoms. The van der Waals surface area contributed by atoms with Crippen LogP contribution in [0.3, 0.4) is 0 Å². The minimum atomic E-state index is -0.00316. The van der Waals surface area contributed by atoms with Crippen molar-refractivity contribution in [3.05, 3.63) is 29.0 Å². The van der Waals surface area contributed by atoms with Gasteiger partial charge in [0.2, 0.25) is 5.91 Å². The van der Waals surface area contributed by atoms with E-state index in [2.05, 4.69) is 15.2 Å². The summed E-state index contributed by atoms with van der Waals surface area (Å²) in [6.07, 6.45) is 9.16. The number of hydrogen-bond acceptors (Lipinski definition) is 5. The van der Waals surface area contributed by atoms with E-state index in [1.807, 2.05) is 9.47 Å². The van der Waals surface area contributed by atoms with Crippen molar-refractivity contribution < 1.29 is 4.79 Å². The molecule has 3 heterocycles. The van der Waals surface area contributed by atoms with Gasteiger partial charge in [0.25, 0.3) is 0 Å². The molecule has 1 saturated heterocycles. The Morgan fingerprint density at radius 2 is 1.92 bits per heavy atom. The van der Waals surface area contributed by atoms with Crippen LogP contribution in [0.4, 0.5) is 0 Å². The Morgan fingerprint density at radius 3 is 2.58 bits per heavy atom. The lowest BCUT2D eigenvalue weighted by molar-refractivity contribution is -0.133. The van der Waals surface area contributed by atoms with Crippen molar-refractivity contribution in [2.24, 2.45) is 7.05 Å². The lowest BCUT2D eigenvalue weighted by atomic mass is 9.95. The predicted octanol–water partition coefficient (Wildman–Crippen LogP) is 0.695. The van der Waals surface area contributed by atoms with Gasteiger partial charge in [-0.3, -0.25) is 9.36 Å². The number of amides is 1. The van der Waals surface area contributed by atoms with E-state index in [0.29, 0.717) is 13.1 Å². The second kappa shape index (κ2) is 7.05. The fraction of sp³-hybridized carbons (Fsp3) is 0.706. The summed E-state index contributed by atoms with van der Waals surface area (Å²) >= 11 is 0. The van der Waals surface area contributed by atoms with E-state index in [4.69, 9.17) is 0 Å². The average Bonchev–Trinajstić information content (AvgIpc) is 3.39. The van der Waals surface area contributed by atoms with E-state index in [1.165, 1.54) is 23.9 Å². The van der Waals surface area contributed by atoms with E-state index in [1.54, 1.807) is 18.1 Å². The summed E-state index contributed by atoms with van der Waals surface area (Å²) in [6, 6.07) is 0.290. The van der Waals surface area contributed by atoms with Crippen LogP contribution in [0.2, 0.25) is 0 Å². The molecule has 0 N–H and O–H groups in total. The summed E-state index contributed by atoms with van der Waals surface area (Å²) in [6.45, 7) is 1.60. The van der Waals surface area contributed by atoms with Crippen LogP contribution >= 0.6 is 0 Å². The summed E-state index contributed by atoms with van der Waals surface area (Å²) < 4.78 is 4.95. The highest BCUT2D eigenvalue weighted by Crippen LogP contribution is 2.33. The Kier molecular flexibility index (Phi) is 4.60. The average molecular weight is 359 g/mol. The summed E-state index contributed by atoms with van der Waals surface area (Å²) in [5.74, 6) is 1.20. The Bertz CT molecular complexity index is 809. The summed E-state index contributed by atoms with van der Waals surface area (Å²) in [4.78, 5) is 30.7. The number of likely N-dealkylation sites (tertiary alicyclic amines) is 1. The van der Waals surface area contributed by atoms with E-state index in [0.717, 1.165) is 31.5 Å². The van der Waals surface area contributed by atoms with Crippen LogP contribution in [0, 0.1) is 0 Å². The molecule has 0 spiro atoms. The van der Waals surface area contributed by atoms with Crippen molar-refractivity contribution in [2.75, 3.05) is 13.1 Å². The van der Waals surface area contributed by atoms with Crippen molar-refractivity contribution in [3.8, 4) is 0 Å². The largest absolute Gasteiger partial charge is 0.345 e. The van der Waals surface area contributed by atoms with Gasteiger partial charge in [-0.1, -0.05) is 12.8 Å². The third-order valence-electron chi connectivity index (χ3n) is 5.65. The zero-order valence-corrected chi connectivity index (χ0v) is 15.1. The van der Waals surface area contributed by atoms with E-state index < -0.39 is 0 Å². The summed E-state index contributed by atoms with van der Waals surface area (Å²) in [5.41, 5.74) is -0.00316. The minimum Gasteiger partial charge on any atom is -0.341 e. The SMILES string of the molecule is Cn1nc(C2CCN(C(=O)Cn3cncn3)CC2)n(C2CCCC2)c1=O. The Hall–Kier alpha value is -2.45. The smallest absolute Gasteiger partial charge is 0.341 e. The van der Waals surface area contributed by atoms with E-state index in [-0.39, 0.29) is 30.1 Å². The Labute approximate surface area is 151 Å². The molecule has 0 aromatic carbocycles. The topological polar surface area (TPSA) is 90.8 Å². The molecular weight excluding hydrogens is 334 g/mol. The highest BCUT2D eigenvalue weighted by atomic mass is 16.2. The Morgan fingerprint density at radius 1 is 1.19 bits per heavy atom. The van der Waals surface area contributed by atoms with Crippen LogP contribution in [-0.4, -0.2) is 53.0 Å². The highest BCUT2D eigenvalue weighted by molar-refractivity contribution is 5.75. The quantitative estimate of drug-likeness (QED) is 0.801. The molecular formula is C17H25N7O2. The molecule has 1 amide bonds. The fourth-order valence-electron chi connectivity index (χ4n) is 4.22. The number of aromatic nitrogens is 6. The van der Waals surface area contributed by atoms with E-state index in [9.17, 15) is 9.59 Å². The zero-order valence-electron chi connectivity index (χ0n) is 15.1. The first-order valence-corrected chi connectivity index (χ1v) is 9.39. The predicted molar refractivity (Wildman–Crippen MR) is 93.6 cm³/mol. The van der Waals surface area contributed by atoms with Crippen LogP contribution in [-0.2, 0) is 18.4 Å². The molecule has 4 rings (SSSR count). The summed E-state index contributed by atoms with van der Waals surface area (Å²) in [5, 5.41) is 8.54. The second-order valence-corrected chi connectivity index (χ2v) is 7.32. The third kappa shape index (κ3) is 3.17. The first-order valence-electron chi connectivity index (χ1n) is 9.39. The van der Waals surface area contributed by atoms with Crippen molar-refractivity contribution in [1.29, 1.82) is 0 Å². The van der Waals surface area contributed by atoms with Crippen LogP contribution in [0.15, 0.2) is 17.4 Å². The van der Waals surface area contributed by atoms with E-state index >= 15 is 0 Å². The number of carbonyl (C=O) groups excluding carboxylic acids is 1. The molecule has 2 aromatic rings. The minimum absolute atomic E-state index is 0.00316. The monoisotopic (exact) mass is 359 g/mol. The molecule has 0 atom stereocenters. The lowest BCUT2D eigenvalue weighted by Gasteiger charge is -2.32.